The minimum absolute atomic E-state index is 0.354. The zero-order chi connectivity index (χ0) is 11.6. The van der Waals surface area contributed by atoms with Gasteiger partial charge in [0, 0.05) is 5.46 Å². The van der Waals surface area contributed by atoms with Crippen molar-refractivity contribution in [1.29, 1.82) is 0 Å². The number of rotatable bonds is 3. The summed E-state index contributed by atoms with van der Waals surface area (Å²) in [6.45, 7) is 0. The maximum Gasteiger partial charge on any atom is 0.490 e. The van der Waals surface area contributed by atoms with Crippen molar-refractivity contribution in [2.45, 2.75) is 0 Å². The van der Waals surface area contributed by atoms with Crippen LogP contribution in [0, 0.1) is 0 Å². The van der Waals surface area contributed by atoms with Crippen LogP contribution in [-0.2, 0) is 0 Å². The highest BCUT2D eigenvalue weighted by atomic mass is 16.4. The first-order chi connectivity index (χ1) is 6.93. The predicted octanol–water partition coefficient (Wildman–Crippen LogP) is -1.84. The van der Waals surface area contributed by atoms with Gasteiger partial charge < -0.3 is 20.3 Å². The zero-order valence-electron chi connectivity index (χ0n) is 7.28. The van der Waals surface area contributed by atoms with Gasteiger partial charge in [0.15, 0.2) is 0 Å². The van der Waals surface area contributed by atoms with Crippen molar-refractivity contribution < 1.29 is 29.9 Å². The fraction of sp³-hybridized carbons (Fsp3) is 0. The van der Waals surface area contributed by atoms with E-state index in [0.29, 0.717) is 0 Å². The number of carboxylic acid groups (broad SMARTS) is 2. The van der Waals surface area contributed by atoms with Gasteiger partial charge in [-0.15, -0.1) is 0 Å². The molecule has 8 heteroatoms. The van der Waals surface area contributed by atoms with E-state index in [1.165, 1.54) is 0 Å². The Hall–Kier alpha value is -1.93. The largest absolute Gasteiger partial charge is 0.490 e. The average molecular weight is 211 g/mol. The van der Waals surface area contributed by atoms with Crippen LogP contribution < -0.4 is 5.46 Å². The van der Waals surface area contributed by atoms with Crippen molar-refractivity contribution in [2.75, 3.05) is 0 Å². The highest BCUT2D eigenvalue weighted by molar-refractivity contribution is 6.60. The van der Waals surface area contributed by atoms with E-state index < -0.39 is 30.4 Å². The molecular formula is C7H6BNO6. The lowest BCUT2D eigenvalue weighted by Crippen LogP contribution is -2.36. The van der Waals surface area contributed by atoms with Crippen LogP contribution in [0.4, 0.5) is 0 Å². The third-order valence-corrected chi connectivity index (χ3v) is 1.63. The van der Waals surface area contributed by atoms with E-state index in [1.807, 2.05) is 0 Å². The molecule has 0 saturated carbocycles. The number of carboxylic acids is 2. The van der Waals surface area contributed by atoms with E-state index in [0.717, 1.165) is 12.1 Å². The summed E-state index contributed by atoms with van der Waals surface area (Å²) >= 11 is 0. The maximum absolute atomic E-state index is 10.6. The Labute approximate surface area is 83.8 Å². The van der Waals surface area contributed by atoms with E-state index in [9.17, 15) is 9.59 Å². The molecule has 0 spiro atoms. The molecule has 0 saturated heterocycles. The second-order valence-electron chi connectivity index (χ2n) is 2.62. The smallest absolute Gasteiger partial charge is 0.477 e. The normalized spacial score (nSPS) is 9.73. The van der Waals surface area contributed by atoms with Gasteiger partial charge in [-0.05, 0) is 6.07 Å². The Morgan fingerprint density at radius 3 is 2.13 bits per heavy atom. The number of carbonyl (C=O) groups is 2. The molecular weight excluding hydrogens is 205 g/mol. The number of hydrogen-bond donors (Lipinski definition) is 4. The summed E-state index contributed by atoms with van der Waals surface area (Å²) in [6, 6.07) is 1.98. The summed E-state index contributed by atoms with van der Waals surface area (Å²) in [5.74, 6) is -2.92. The average Bonchev–Trinajstić information content (AvgIpc) is 2.16. The summed E-state index contributed by atoms with van der Waals surface area (Å²) < 4.78 is 0. The quantitative estimate of drug-likeness (QED) is 0.432. The highest BCUT2D eigenvalue weighted by Gasteiger charge is 2.23. The molecule has 78 valence electrons. The minimum Gasteiger partial charge on any atom is -0.477 e. The Balaban J connectivity index is 3.33. The lowest BCUT2D eigenvalue weighted by molar-refractivity contribution is 0.0685. The van der Waals surface area contributed by atoms with Gasteiger partial charge >= 0.3 is 19.1 Å². The topological polar surface area (TPSA) is 128 Å². The summed E-state index contributed by atoms with van der Waals surface area (Å²) in [6.07, 6.45) is 0. The molecule has 15 heavy (non-hydrogen) atoms. The number of aromatic carboxylic acids is 2. The minimum atomic E-state index is -2.01. The van der Waals surface area contributed by atoms with Crippen LogP contribution in [0.15, 0.2) is 12.1 Å². The number of hydrogen-bond acceptors (Lipinski definition) is 5. The summed E-state index contributed by atoms with van der Waals surface area (Å²) in [4.78, 5) is 24.4. The molecule has 1 heterocycles. The second kappa shape index (κ2) is 4.07. The van der Waals surface area contributed by atoms with Crippen molar-refractivity contribution in [1.82, 2.24) is 4.98 Å². The first-order valence-corrected chi connectivity index (χ1v) is 3.77. The highest BCUT2D eigenvalue weighted by Crippen LogP contribution is 1.98. The van der Waals surface area contributed by atoms with Crippen molar-refractivity contribution in [3.8, 4) is 0 Å². The molecule has 0 fully saturated rings. The molecule has 0 amide bonds. The fourth-order valence-corrected chi connectivity index (χ4v) is 0.969. The number of nitrogens with zero attached hydrogens (tertiary/aromatic N) is 1. The van der Waals surface area contributed by atoms with E-state index in [1.54, 1.807) is 0 Å². The first-order valence-electron chi connectivity index (χ1n) is 3.77. The Morgan fingerprint density at radius 2 is 1.73 bits per heavy atom. The van der Waals surface area contributed by atoms with Crippen LogP contribution in [0.5, 0.6) is 0 Å². The van der Waals surface area contributed by atoms with Crippen LogP contribution in [-0.4, -0.2) is 44.3 Å². The van der Waals surface area contributed by atoms with Gasteiger partial charge in [0.2, 0.25) is 0 Å². The third kappa shape index (κ3) is 2.30. The monoisotopic (exact) mass is 211 g/mol. The summed E-state index contributed by atoms with van der Waals surface area (Å²) in [5.41, 5.74) is -1.52. The number of aromatic nitrogens is 1. The standard InChI is InChI=1S/C7H6BNO6/c10-6(11)4-2-1-3(8(14)15)5(9-4)7(12)13/h1-2,14-15H,(H,10,11)(H,12,13). The van der Waals surface area contributed by atoms with Crippen LogP contribution in [0.25, 0.3) is 0 Å². The molecule has 7 nitrogen and oxygen atoms in total. The Kier molecular flexibility index (Phi) is 3.03. The number of pyridine rings is 1. The SMILES string of the molecule is O=C(O)c1ccc(B(O)O)c(C(=O)O)n1. The molecule has 1 rings (SSSR count). The van der Waals surface area contributed by atoms with Gasteiger partial charge in [0.25, 0.3) is 0 Å². The van der Waals surface area contributed by atoms with Crippen LogP contribution in [0.3, 0.4) is 0 Å². The third-order valence-electron chi connectivity index (χ3n) is 1.63. The van der Waals surface area contributed by atoms with Gasteiger partial charge in [-0.1, -0.05) is 6.07 Å². The van der Waals surface area contributed by atoms with Crippen molar-refractivity contribution in [3.63, 3.8) is 0 Å². The molecule has 0 aliphatic carbocycles. The molecule has 0 aliphatic rings. The van der Waals surface area contributed by atoms with Gasteiger partial charge in [-0.25, -0.2) is 14.6 Å². The Bertz CT molecular complexity index is 418. The molecule has 1 aromatic heterocycles. The second-order valence-corrected chi connectivity index (χ2v) is 2.62. The zero-order valence-corrected chi connectivity index (χ0v) is 7.28. The summed E-state index contributed by atoms with van der Waals surface area (Å²) in [7, 11) is -2.01. The van der Waals surface area contributed by atoms with E-state index >= 15 is 0 Å². The first kappa shape index (κ1) is 11.2. The van der Waals surface area contributed by atoms with Crippen LogP contribution >= 0.6 is 0 Å². The molecule has 0 bridgehead atoms. The van der Waals surface area contributed by atoms with E-state index in [4.69, 9.17) is 20.3 Å². The lowest BCUT2D eigenvalue weighted by atomic mass is 9.79. The summed E-state index contributed by atoms with van der Waals surface area (Å²) in [5, 5.41) is 34.8. The van der Waals surface area contributed by atoms with Gasteiger partial charge in [-0.2, -0.15) is 0 Å². The van der Waals surface area contributed by atoms with E-state index in [2.05, 4.69) is 4.98 Å². The fourth-order valence-electron chi connectivity index (χ4n) is 0.969. The Morgan fingerprint density at radius 1 is 1.13 bits per heavy atom. The van der Waals surface area contributed by atoms with Crippen LogP contribution in [0.1, 0.15) is 21.0 Å². The lowest BCUT2D eigenvalue weighted by Gasteiger charge is -2.04. The molecule has 1 aromatic rings. The van der Waals surface area contributed by atoms with Crippen molar-refractivity contribution >= 4 is 24.5 Å². The predicted molar refractivity (Wildman–Crippen MR) is 48.0 cm³/mol. The molecule has 0 aliphatic heterocycles. The maximum atomic E-state index is 10.6. The van der Waals surface area contributed by atoms with Crippen molar-refractivity contribution in [3.05, 3.63) is 23.5 Å². The van der Waals surface area contributed by atoms with Crippen molar-refractivity contribution in [2.24, 2.45) is 0 Å². The molecule has 0 radical (unpaired) electrons. The van der Waals surface area contributed by atoms with Gasteiger partial charge in [0.1, 0.15) is 11.4 Å². The molecule has 4 N–H and O–H groups in total. The van der Waals surface area contributed by atoms with Gasteiger partial charge in [0.05, 0.1) is 0 Å². The molecule has 0 aromatic carbocycles. The van der Waals surface area contributed by atoms with Crippen LogP contribution in [0.2, 0.25) is 0 Å². The van der Waals surface area contributed by atoms with E-state index in [-0.39, 0.29) is 5.46 Å². The molecule has 0 unspecified atom stereocenters. The van der Waals surface area contributed by atoms with Gasteiger partial charge in [-0.3, -0.25) is 0 Å². The molecule has 0 atom stereocenters.